The lowest BCUT2D eigenvalue weighted by Gasteiger charge is -2.15. The van der Waals surface area contributed by atoms with E-state index in [9.17, 15) is 9.90 Å². The van der Waals surface area contributed by atoms with Crippen LogP contribution < -0.4 is 10.1 Å². The van der Waals surface area contributed by atoms with Gasteiger partial charge in [0.25, 0.3) is 5.91 Å². The monoisotopic (exact) mass is 535 g/mol. The molecular weight excluding hydrogens is 502 g/mol. The van der Waals surface area contributed by atoms with Gasteiger partial charge in [0, 0.05) is 10.9 Å². The van der Waals surface area contributed by atoms with Crippen LogP contribution in [0, 0.1) is 0 Å². The Morgan fingerprint density at radius 2 is 1.57 bits per heavy atom. The van der Waals surface area contributed by atoms with E-state index < -0.39 is 5.91 Å². The van der Waals surface area contributed by atoms with E-state index in [1.54, 1.807) is 22.9 Å². The first-order valence-corrected chi connectivity index (χ1v) is 13.8. The van der Waals surface area contributed by atoms with Crippen molar-refractivity contribution in [3.05, 3.63) is 90.5 Å². The first kappa shape index (κ1) is 26.9. The second-order valence-electron chi connectivity index (χ2n) is 9.68. The van der Waals surface area contributed by atoms with Gasteiger partial charge in [-0.25, -0.2) is 0 Å². The number of benzene rings is 4. The summed E-state index contributed by atoms with van der Waals surface area (Å²) in [6.07, 6.45) is 7.01. The van der Waals surface area contributed by atoms with Crippen molar-refractivity contribution in [3.63, 3.8) is 0 Å². The van der Waals surface area contributed by atoms with E-state index in [1.165, 1.54) is 25.7 Å². The third-order valence-electron chi connectivity index (χ3n) is 6.86. The normalized spacial score (nSPS) is 11.0. The second kappa shape index (κ2) is 12.9. The van der Waals surface area contributed by atoms with Crippen molar-refractivity contribution in [2.75, 3.05) is 11.9 Å². The molecule has 0 aliphatic heterocycles. The molecule has 5 aromatic rings. The van der Waals surface area contributed by atoms with Crippen LogP contribution in [0.5, 0.6) is 11.5 Å². The molecule has 0 fully saturated rings. The van der Waals surface area contributed by atoms with Crippen LogP contribution in [0.1, 0.15) is 55.8 Å². The zero-order valence-electron chi connectivity index (χ0n) is 22.6. The number of anilines is 1. The summed E-state index contributed by atoms with van der Waals surface area (Å²) in [5, 5.41) is 27.7. The van der Waals surface area contributed by atoms with Gasteiger partial charge in [0.15, 0.2) is 5.82 Å². The number of hydrogen-bond acceptors (Lipinski definition) is 6. The van der Waals surface area contributed by atoms with Crippen LogP contribution in [0.3, 0.4) is 0 Å². The molecule has 0 saturated carbocycles. The number of aromatic nitrogens is 4. The molecular formula is C32H33N5O3. The van der Waals surface area contributed by atoms with E-state index >= 15 is 0 Å². The van der Waals surface area contributed by atoms with E-state index in [-0.39, 0.29) is 11.3 Å². The molecule has 0 atom stereocenters. The van der Waals surface area contributed by atoms with Gasteiger partial charge in [-0.1, -0.05) is 93.6 Å². The smallest absolute Gasteiger partial charge is 0.259 e. The van der Waals surface area contributed by atoms with Gasteiger partial charge in [-0.3, -0.25) is 4.79 Å². The lowest BCUT2D eigenvalue weighted by atomic mass is 9.98. The predicted octanol–water partition coefficient (Wildman–Crippen LogP) is 7.18. The Labute approximate surface area is 233 Å². The fourth-order valence-corrected chi connectivity index (χ4v) is 4.77. The highest BCUT2D eigenvalue weighted by Gasteiger charge is 2.22. The highest BCUT2D eigenvalue weighted by Crippen LogP contribution is 2.37. The molecule has 0 saturated heterocycles. The van der Waals surface area contributed by atoms with Crippen molar-refractivity contribution in [3.8, 4) is 28.6 Å². The predicted molar refractivity (Wildman–Crippen MR) is 157 cm³/mol. The van der Waals surface area contributed by atoms with Crippen LogP contribution in [-0.2, 0) is 0 Å². The molecule has 1 heterocycles. The largest absolute Gasteiger partial charge is 0.506 e. The maximum atomic E-state index is 13.6. The van der Waals surface area contributed by atoms with Crippen molar-refractivity contribution in [1.29, 1.82) is 0 Å². The van der Waals surface area contributed by atoms with Crippen molar-refractivity contribution in [2.45, 2.75) is 45.4 Å². The Morgan fingerprint density at radius 3 is 2.40 bits per heavy atom. The van der Waals surface area contributed by atoms with Crippen LogP contribution in [0.2, 0.25) is 0 Å². The van der Waals surface area contributed by atoms with Gasteiger partial charge in [-0.05, 0) is 52.6 Å². The number of amides is 1. The molecule has 1 amide bonds. The first-order valence-electron chi connectivity index (χ1n) is 13.8. The van der Waals surface area contributed by atoms with Gasteiger partial charge < -0.3 is 15.2 Å². The number of hydrogen-bond donors (Lipinski definition) is 2. The Kier molecular flexibility index (Phi) is 8.66. The number of tetrazole rings is 1. The second-order valence-corrected chi connectivity index (χ2v) is 9.68. The number of rotatable bonds is 12. The molecule has 8 heteroatoms. The molecule has 0 aliphatic carbocycles. The molecule has 2 N–H and O–H groups in total. The highest BCUT2D eigenvalue weighted by molar-refractivity contribution is 6.13. The standard InChI is InChI=1S/C32H33N5O3/c1-2-3-4-5-6-14-21-40-29-20-13-12-19-28(29)33-32(39)27-22-26(24-17-10-11-18-25(24)30(27)38)31-34-35-36-37(31)23-15-8-7-9-16-23/h7-13,15-20,22,38H,2-6,14,21H2,1H3,(H,33,39). The molecule has 0 bridgehead atoms. The van der Waals surface area contributed by atoms with E-state index in [0.29, 0.717) is 34.8 Å². The van der Waals surface area contributed by atoms with Gasteiger partial charge in [0.1, 0.15) is 11.5 Å². The zero-order chi connectivity index (χ0) is 27.7. The number of nitrogens with zero attached hydrogens (tertiary/aromatic N) is 4. The van der Waals surface area contributed by atoms with Crippen molar-refractivity contribution in [1.82, 2.24) is 20.2 Å². The lowest BCUT2D eigenvalue weighted by molar-refractivity contribution is 0.102. The minimum Gasteiger partial charge on any atom is -0.506 e. The minimum atomic E-state index is -0.459. The summed E-state index contributed by atoms with van der Waals surface area (Å²) in [5.41, 5.74) is 2.06. The summed E-state index contributed by atoms with van der Waals surface area (Å²) >= 11 is 0. The molecule has 1 aromatic heterocycles. The fraction of sp³-hybridized carbons (Fsp3) is 0.250. The summed E-state index contributed by atoms with van der Waals surface area (Å²) < 4.78 is 7.64. The van der Waals surface area contributed by atoms with Crippen molar-refractivity contribution < 1.29 is 14.6 Å². The van der Waals surface area contributed by atoms with Gasteiger partial charge >= 0.3 is 0 Å². The zero-order valence-corrected chi connectivity index (χ0v) is 22.6. The Hall–Kier alpha value is -4.72. The molecule has 0 aliphatic rings. The van der Waals surface area contributed by atoms with Crippen LogP contribution in [0.25, 0.3) is 27.8 Å². The summed E-state index contributed by atoms with van der Waals surface area (Å²) in [4.78, 5) is 13.6. The van der Waals surface area contributed by atoms with Gasteiger partial charge in [-0.2, -0.15) is 4.68 Å². The number of carbonyl (C=O) groups excluding carboxylic acids is 1. The average Bonchev–Trinajstić information content (AvgIpc) is 3.48. The Morgan fingerprint density at radius 1 is 0.875 bits per heavy atom. The number of phenolic OH excluding ortho intramolecular Hbond substituents is 1. The summed E-state index contributed by atoms with van der Waals surface area (Å²) in [5.74, 6) is 0.483. The molecule has 0 radical (unpaired) electrons. The number of phenols is 1. The highest BCUT2D eigenvalue weighted by atomic mass is 16.5. The third-order valence-corrected chi connectivity index (χ3v) is 6.86. The number of unbranched alkanes of at least 4 members (excludes halogenated alkanes) is 5. The van der Waals surface area contributed by atoms with Crippen LogP contribution in [0.4, 0.5) is 5.69 Å². The fourth-order valence-electron chi connectivity index (χ4n) is 4.77. The maximum Gasteiger partial charge on any atom is 0.259 e. The van der Waals surface area contributed by atoms with E-state index in [0.717, 1.165) is 23.9 Å². The van der Waals surface area contributed by atoms with Crippen molar-refractivity contribution >= 4 is 22.4 Å². The maximum absolute atomic E-state index is 13.6. The first-order chi connectivity index (χ1) is 19.7. The molecule has 40 heavy (non-hydrogen) atoms. The Bertz CT molecular complexity index is 1580. The quantitative estimate of drug-likeness (QED) is 0.164. The van der Waals surface area contributed by atoms with E-state index in [1.807, 2.05) is 66.7 Å². The van der Waals surface area contributed by atoms with Crippen LogP contribution in [-0.4, -0.2) is 37.8 Å². The molecule has 0 spiro atoms. The SMILES string of the molecule is CCCCCCCCOc1ccccc1NC(=O)c1cc(-c2nnnn2-c2ccccc2)c2ccccc2c1O. The third kappa shape index (κ3) is 5.96. The molecule has 8 nitrogen and oxygen atoms in total. The minimum absolute atomic E-state index is 0.110. The van der Waals surface area contributed by atoms with Crippen LogP contribution in [0.15, 0.2) is 84.9 Å². The number of ether oxygens (including phenoxy) is 1. The van der Waals surface area contributed by atoms with Gasteiger partial charge in [-0.15, -0.1) is 5.10 Å². The van der Waals surface area contributed by atoms with E-state index in [2.05, 4.69) is 27.8 Å². The molecule has 0 unspecified atom stereocenters. The topological polar surface area (TPSA) is 102 Å². The summed E-state index contributed by atoms with van der Waals surface area (Å²) in [6.45, 7) is 2.78. The molecule has 204 valence electrons. The van der Waals surface area contributed by atoms with Crippen LogP contribution >= 0.6 is 0 Å². The van der Waals surface area contributed by atoms with Gasteiger partial charge in [0.05, 0.1) is 23.5 Å². The average molecular weight is 536 g/mol. The number of carbonyl (C=O) groups is 1. The number of aromatic hydroxyl groups is 1. The lowest BCUT2D eigenvalue weighted by Crippen LogP contribution is -2.14. The number of para-hydroxylation sites is 3. The summed E-state index contributed by atoms with van der Waals surface area (Å²) in [6, 6.07) is 25.9. The van der Waals surface area contributed by atoms with Crippen molar-refractivity contribution in [2.24, 2.45) is 0 Å². The van der Waals surface area contributed by atoms with E-state index in [4.69, 9.17) is 4.74 Å². The number of nitrogens with one attached hydrogen (secondary N) is 1. The number of fused-ring (bicyclic) bond motifs is 1. The molecule has 5 rings (SSSR count). The van der Waals surface area contributed by atoms with Gasteiger partial charge in [0.2, 0.25) is 0 Å². The Balaban J connectivity index is 1.43. The summed E-state index contributed by atoms with van der Waals surface area (Å²) in [7, 11) is 0. The molecule has 4 aromatic carbocycles.